The molecule has 0 atom stereocenters. The van der Waals surface area contributed by atoms with E-state index in [1.165, 1.54) is 6.20 Å². The van der Waals surface area contributed by atoms with E-state index in [9.17, 15) is 10.1 Å². The number of thioether (sulfide) groups is 1. The highest BCUT2D eigenvalue weighted by Crippen LogP contribution is 2.27. The number of nitrogens with one attached hydrogen (secondary N) is 1. The molecule has 0 amide bonds. The van der Waals surface area contributed by atoms with E-state index >= 15 is 0 Å². The van der Waals surface area contributed by atoms with Crippen molar-refractivity contribution in [2.45, 2.75) is 6.92 Å². The number of nitrogens with zero attached hydrogens (tertiary/aromatic N) is 4. The predicted molar refractivity (Wildman–Crippen MR) is 72.4 cm³/mol. The molecule has 0 aromatic carbocycles. The maximum Gasteiger partial charge on any atom is 0.329 e. The largest absolute Gasteiger partial charge is 0.354 e. The van der Waals surface area contributed by atoms with Crippen LogP contribution >= 0.6 is 11.8 Å². The second kappa shape index (κ2) is 5.85. The lowest BCUT2D eigenvalue weighted by Gasteiger charge is -2.27. The molecule has 0 aliphatic carbocycles. The minimum Gasteiger partial charge on any atom is -0.354 e. The van der Waals surface area contributed by atoms with Gasteiger partial charge in [-0.1, -0.05) is 0 Å². The normalized spacial score (nSPS) is 15.5. The van der Waals surface area contributed by atoms with Crippen LogP contribution in [0.15, 0.2) is 6.20 Å². The monoisotopic (exact) mass is 269 g/mol. The van der Waals surface area contributed by atoms with Gasteiger partial charge < -0.3 is 10.2 Å². The summed E-state index contributed by atoms with van der Waals surface area (Å²) in [4.78, 5) is 20.7. The maximum absolute atomic E-state index is 11.0. The predicted octanol–water partition coefficient (Wildman–Crippen LogP) is 1.37. The summed E-state index contributed by atoms with van der Waals surface area (Å²) in [7, 11) is 0. The average molecular weight is 269 g/mol. The van der Waals surface area contributed by atoms with Crippen molar-refractivity contribution < 1.29 is 4.92 Å². The molecular formula is C10H15N5O2S. The smallest absolute Gasteiger partial charge is 0.329 e. The van der Waals surface area contributed by atoms with Gasteiger partial charge in [0, 0.05) is 31.1 Å². The topological polar surface area (TPSA) is 84.2 Å². The second-order valence-corrected chi connectivity index (χ2v) is 5.01. The lowest BCUT2D eigenvalue weighted by molar-refractivity contribution is -0.384. The van der Waals surface area contributed by atoms with Gasteiger partial charge in [-0.2, -0.15) is 16.7 Å². The van der Waals surface area contributed by atoms with Crippen LogP contribution in [0.3, 0.4) is 0 Å². The first-order valence-electron chi connectivity index (χ1n) is 5.80. The van der Waals surface area contributed by atoms with Crippen LogP contribution in [-0.4, -0.2) is 46.0 Å². The van der Waals surface area contributed by atoms with Crippen LogP contribution in [0.4, 0.5) is 17.5 Å². The fourth-order valence-corrected chi connectivity index (χ4v) is 2.65. The maximum atomic E-state index is 11.0. The highest BCUT2D eigenvalue weighted by molar-refractivity contribution is 7.99. The van der Waals surface area contributed by atoms with Gasteiger partial charge in [-0.3, -0.25) is 10.1 Å². The Balaban J connectivity index is 2.33. The Hall–Kier alpha value is -1.57. The van der Waals surface area contributed by atoms with Crippen molar-refractivity contribution in [2.75, 3.05) is 41.4 Å². The number of anilines is 2. The van der Waals surface area contributed by atoms with Crippen molar-refractivity contribution in [2.24, 2.45) is 0 Å². The van der Waals surface area contributed by atoms with E-state index in [0.717, 1.165) is 24.6 Å². The summed E-state index contributed by atoms with van der Waals surface area (Å²) in [5.74, 6) is 2.80. The molecule has 1 aromatic rings. The van der Waals surface area contributed by atoms with Crippen LogP contribution in [-0.2, 0) is 0 Å². The molecule has 0 spiro atoms. The Morgan fingerprint density at radius 3 is 2.89 bits per heavy atom. The number of rotatable bonds is 4. The number of hydrogen-bond donors (Lipinski definition) is 1. The Bertz CT molecular complexity index is 436. The van der Waals surface area contributed by atoms with Crippen LogP contribution in [0, 0.1) is 10.1 Å². The molecule has 1 aliphatic rings. The quantitative estimate of drug-likeness (QED) is 0.652. The SMILES string of the molecule is CCNc1ncc([N+](=O)[O-])c(N2CCSCC2)n1. The van der Waals surface area contributed by atoms with E-state index < -0.39 is 4.92 Å². The minimum absolute atomic E-state index is 0.0245. The Kier molecular flexibility index (Phi) is 4.19. The molecule has 2 heterocycles. The highest BCUT2D eigenvalue weighted by Gasteiger charge is 2.24. The highest BCUT2D eigenvalue weighted by atomic mass is 32.2. The number of nitro groups is 1. The molecule has 1 aromatic heterocycles. The van der Waals surface area contributed by atoms with Gasteiger partial charge in [0.1, 0.15) is 6.20 Å². The van der Waals surface area contributed by atoms with Gasteiger partial charge in [-0.05, 0) is 6.92 Å². The molecule has 1 saturated heterocycles. The van der Waals surface area contributed by atoms with E-state index in [1.807, 2.05) is 23.6 Å². The molecule has 7 nitrogen and oxygen atoms in total. The van der Waals surface area contributed by atoms with Crippen LogP contribution in [0.1, 0.15) is 6.92 Å². The lowest BCUT2D eigenvalue weighted by atomic mass is 10.4. The average Bonchev–Trinajstić information content (AvgIpc) is 2.40. The number of aromatic nitrogens is 2. The third kappa shape index (κ3) is 2.81. The standard InChI is InChI=1S/C10H15N5O2S/c1-2-11-10-12-7-8(15(16)17)9(13-10)14-3-5-18-6-4-14/h7H,2-6H2,1H3,(H,11,12,13). The van der Waals surface area contributed by atoms with E-state index in [-0.39, 0.29) is 5.69 Å². The lowest BCUT2D eigenvalue weighted by Crippen LogP contribution is -2.33. The van der Waals surface area contributed by atoms with Gasteiger partial charge in [0.2, 0.25) is 11.8 Å². The Morgan fingerprint density at radius 2 is 2.28 bits per heavy atom. The summed E-state index contributed by atoms with van der Waals surface area (Å²) in [6, 6.07) is 0. The first kappa shape index (κ1) is 12.9. The van der Waals surface area contributed by atoms with Crippen molar-refractivity contribution in [1.82, 2.24) is 9.97 Å². The summed E-state index contributed by atoms with van der Waals surface area (Å²) in [6.07, 6.45) is 1.28. The third-order valence-electron chi connectivity index (χ3n) is 2.59. The van der Waals surface area contributed by atoms with Crippen molar-refractivity contribution >= 4 is 29.2 Å². The zero-order valence-electron chi connectivity index (χ0n) is 10.1. The molecule has 0 saturated carbocycles. The molecule has 0 bridgehead atoms. The van der Waals surface area contributed by atoms with E-state index in [4.69, 9.17) is 0 Å². The van der Waals surface area contributed by atoms with Gasteiger partial charge in [-0.15, -0.1) is 0 Å². The minimum atomic E-state index is -0.424. The molecule has 0 unspecified atom stereocenters. The zero-order chi connectivity index (χ0) is 13.0. The van der Waals surface area contributed by atoms with Crippen molar-refractivity contribution in [3.63, 3.8) is 0 Å². The summed E-state index contributed by atoms with van der Waals surface area (Å²) in [6.45, 7) is 4.19. The molecule has 8 heteroatoms. The van der Waals surface area contributed by atoms with Crippen LogP contribution in [0.5, 0.6) is 0 Å². The van der Waals surface area contributed by atoms with Gasteiger partial charge in [0.05, 0.1) is 4.92 Å². The van der Waals surface area contributed by atoms with E-state index in [2.05, 4.69) is 15.3 Å². The van der Waals surface area contributed by atoms with Gasteiger partial charge in [0.25, 0.3) is 0 Å². The van der Waals surface area contributed by atoms with Crippen LogP contribution < -0.4 is 10.2 Å². The van der Waals surface area contributed by atoms with E-state index in [1.54, 1.807) is 0 Å². The summed E-state index contributed by atoms with van der Waals surface area (Å²) < 4.78 is 0. The second-order valence-electron chi connectivity index (χ2n) is 3.79. The molecule has 18 heavy (non-hydrogen) atoms. The van der Waals surface area contributed by atoms with E-state index in [0.29, 0.717) is 18.3 Å². The number of hydrogen-bond acceptors (Lipinski definition) is 7. The molecule has 1 N–H and O–H groups in total. The molecule has 1 aliphatic heterocycles. The fourth-order valence-electron chi connectivity index (χ4n) is 1.75. The van der Waals surface area contributed by atoms with Crippen LogP contribution in [0.25, 0.3) is 0 Å². The molecule has 1 fully saturated rings. The zero-order valence-corrected chi connectivity index (χ0v) is 10.9. The third-order valence-corrected chi connectivity index (χ3v) is 3.53. The fraction of sp³-hybridized carbons (Fsp3) is 0.600. The van der Waals surface area contributed by atoms with Crippen LogP contribution in [0.2, 0.25) is 0 Å². The van der Waals surface area contributed by atoms with Gasteiger partial charge >= 0.3 is 5.69 Å². The summed E-state index contributed by atoms with van der Waals surface area (Å²) in [5.41, 5.74) is -0.0245. The van der Waals surface area contributed by atoms with Crippen molar-refractivity contribution in [3.05, 3.63) is 16.3 Å². The molecule has 2 rings (SSSR count). The molecule has 0 radical (unpaired) electrons. The molecule has 98 valence electrons. The first-order valence-corrected chi connectivity index (χ1v) is 6.96. The Morgan fingerprint density at radius 1 is 1.56 bits per heavy atom. The summed E-state index contributed by atoms with van der Waals surface area (Å²) >= 11 is 1.85. The van der Waals surface area contributed by atoms with Crippen molar-refractivity contribution in [3.8, 4) is 0 Å². The summed E-state index contributed by atoms with van der Waals surface area (Å²) in [5, 5.41) is 14.0. The van der Waals surface area contributed by atoms with Crippen molar-refractivity contribution in [1.29, 1.82) is 0 Å². The van der Waals surface area contributed by atoms with Gasteiger partial charge in [-0.25, -0.2) is 4.98 Å². The Labute approximate surface area is 109 Å². The molecular weight excluding hydrogens is 254 g/mol. The first-order chi connectivity index (χ1) is 8.72. The van der Waals surface area contributed by atoms with Gasteiger partial charge in [0.15, 0.2) is 0 Å².